The summed E-state index contributed by atoms with van der Waals surface area (Å²) in [6.07, 6.45) is 4.69. The quantitative estimate of drug-likeness (QED) is 0.702. The van der Waals surface area contributed by atoms with Crippen molar-refractivity contribution in [2.75, 3.05) is 0 Å². The zero-order chi connectivity index (χ0) is 19.9. The molecule has 0 aliphatic heterocycles. The van der Waals surface area contributed by atoms with Gasteiger partial charge in [0.15, 0.2) is 17.1 Å². The Morgan fingerprint density at radius 1 is 1.21 bits per heavy atom. The third-order valence-corrected chi connectivity index (χ3v) is 5.54. The normalized spacial score (nSPS) is 15.7. The topological polar surface area (TPSA) is 76.4 Å². The smallest absolute Gasteiger partial charge is 0.272 e. The van der Waals surface area contributed by atoms with Crippen molar-refractivity contribution in [1.29, 1.82) is 0 Å². The summed E-state index contributed by atoms with van der Waals surface area (Å²) in [4.78, 5) is 28.9. The number of fused-ring (bicyclic) bond motifs is 1. The molecule has 1 amide bonds. The highest BCUT2D eigenvalue weighted by Gasteiger charge is 2.39. The van der Waals surface area contributed by atoms with Crippen LogP contribution in [-0.4, -0.2) is 26.3 Å². The van der Waals surface area contributed by atoms with Crippen molar-refractivity contribution in [3.05, 3.63) is 64.9 Å². The number of Topliss-reactive ketones (excluding diaryl/α,β-unsaturated/α-hetero) is 1. The number of hydrogen-bond donors (Lipinski definition) is 1. The van der Waals surface area contributed by atoms with E-state index in [9.17, 15) is 14.0 Å². The number of benzene rings is 1. The molecule has 1 fully saturated rings. The van der Waals surface area contributed by atoms with E-state index in [0.717, 1.165) is 12.8 Å². The zero-order valence-corrected chi connectivity index (χ0v) is 15.8. The lowest BCUT2D eigenvalue weighted by molar-refractivity contribution is 0.0890. The van der Waals surface area contributed by atoms with E-state index in [1.807, 2.05) is 0 Å². The largest absolute Gasteiger partial charge is 0.341 e. The molecule has 1 aliphatic rings. The number of rotatable bonds is 4. The molecule has 2 heterocycles. The number of nitrogens with one attached hydrogen (secondary N) is 1. The molecule has 0 spiro atoms. The van der Waals surface area contributed by atoms with Crippen LogP contribution in [0, 0.1) is 12.7 Å². The number of carbonyl (C=O) groups excluding carboxylic acids is 2. The van der Waals surface area contributed by atoms with Gasteiger partial charge in [0.05, 0.1) is 16.8 Å². The molecule has 0 radical (unpaired) electrons. The molecular weight excluding hydrogens is 359 g/mol. The van der Waals surface area contributed by atoms with Crippen molar-refractivity contribution in [2.45, 2.75) is 45.1 Å². The van der Waals surface area contributed by atoms with Crippen LogP contribution in [0.15, 0.2) is 36.5 Å². The Bertz CT molecular complexity index is 1080. The molecular formula is C21H21FN4O2. The van der Waals surface area contributed by atoms with Crippen LogP contribution >= 0.6 is 0 Å². The summed E-state index contributed by atoms with van der Waals surface area (Å²) < 4.78 is 16.0. The first-order valence-corrected chi connectivity index (χ1v) is 9.35. The fraction of sp³-hybridized carbons (Fsp3) is 0.333. The maximum atomic E-state index is 14.5. The third-order valence-electron chi connectivity index (χ3n) is 5.54. The highest BCUT2D eigenvalue weighted by molar-refractivity contribution is 5.96. The second kappa shape index (κ2) is 6.82. The summed E-state index contributed by atoms with van der Waals surface area (Å²) in [7, 11) is 0. The van der Waals surface area contributed by atoms with Gasteiger partial charge in [-0.2, -0.15) is 5.10 Å². The Kier molecular flexibility index (Phi) is 4.45. The van der Waals surface area contributed by atoms with Crippen LogP contribution in [0.4, 0.5) is 4.39 Å². The molecule has 1 aromatic carbocycles. The van der Waals surface area contributed by atoms with Gasteiger partial charge in [0.1, 0.15) is 5.82 Å². The Balaban J connectivity index is 1.70. The number of aromatic nitrogens is 3. The number of carbonyl (C=O) groups is 2. The summed E-state index contributed by atoms with van der Waals surface area (Å²) in [5.74, 6) is -0.805. The molecule has 0 atom stereocenters. The van der Waals surface area contributed by atoms with E-state index < -0.39 is 5.54 Å². The standard InChI is InChI=1S/C21H21FN4O2/c1-13-15(14(2)27)12-23-19-11-18(25-26(13)19)20(28)24-21(9-5-6-10-21)16-7-3-4-8-17(16)22/h3-4,7-8,11-12H,5-6,9-10H2,1-2H3,(H,24,28). The summed E-state index contributed by atoms with van der Waals surface area (Å²) in [6.45, 7) is 3.23. The lowest BCUT2D eigenvalue weighted by Crippen LogP contribution is -2.44. The Hall–Kier alpha value is -3.09. The molecule has 4 rings (SSSR count). The zero-order valence-electron chi connectivity index (χ0n) is 15.8. The van der Waals surface area contributed by atoms with Crippen LogP contribution in [0.1, 0.15) is 64.7 Å². The van der Waals surface area contributed by atoms with E-state index >= 15 is 0 Å². The highest BCUT2D eigenvalue weighted by atomic mass is 19.1. The van der Waals surface area contributed by atoms with Gasteiger partial charge in [-0.3, -0.25) is 9.59 Å². The summed E-state index contributed by atoms with van der Waals surface area (Å²) >= 11 is 0. The average molecular weight is 380 g/mol. The molecule has 144 valence electrons. The van der Waals surface area contributed by atoms with Crippen LogP contribution in [0.3, 0.4) is 0 Å². The summed E-state index contributed by atoms with van der Waals surface area (Å²) in [5.41, 5.74) is 1.55. The monoisotopic (exact) mass is 380 g/mol. The predicted molar refractivity (Wildman–Crippen MR) is 102 cm³/mol. The molecule has 1 saturated carbocycles. The van der Waals surface area contributed by atoms with Crippen LogP contribution < -0.4 is 5.32 Å². The van der Waals surface area contributed by atoms with Crippen molar-refractivity contribution in [3.8, 4) is 0 Å². The van der Waals surface area contributed by atoms with Crippen molar-refractivity contribution < 1.29 is 14.0 Å². The first-order valence-electron chi connectivity index (χ1n) is 9.35. The van der Waals surface area contributed by atoms with Gasteiger partial charge in [0, 0.05) is 17.8 Å². The number of amides is 1. The van der Waals surface area contributed by atoms with Crippen LogP contribution in [0.5, 0.6) is 0 Å². The van der Waals surface area contributed by atoms with Crippen molar-refractivity contribution >= 4 is 17.3 Å². The van der Waals surface area contributed by atoms with E-state index in [4.69, 9.17) is 0 Å². The maximum absolute atomic E-state index is 14.5. The SMILES string of the molecule is CC(=O)c1cnc2cc(C(=O)NC3(c4ccccc4F)CCCC3)nn2c1C. The van der Waals surface area contributed by atoms with Crippen molar-refractivity contribution in [2.24, 2.45) is 0 Å². The van der Waals surface area contributed by atoms with E-state index in [0.29, 0.717) is 35.3 Å². The highest BCUT2D eigenvalue weighted by Crippen LogP contribution is 2.40. The van der Waals surface area contributed by atoms with E-state index in [2.05, 4.69) is 15.4 Å². The second-order valence-electron chi connectivity index (χ2n) is 7.34. The van der Waals surface area contributed by atoms with Crippen LogP contribution in [0.25, 0.3) is 5.65 Å². The van der Waals surface area contributed by atoms with Crippen LogP contribution in [-0.2, 0) is 5.54 Å². The number of ketones is 1. The van der Waals surface area contributed by atoms with Gasteiger partial charge in [0.25, 0.3) is 5.91 Å². The fourth-order valence-corrected chi connectivity index (χ4v) is 4.08. The molecule has 2 aromatic heterocycles. The lowest BCUT2D eigenvalue weighted by atomic mass is 9.87. The fourth-order valence-electron chi connectivity index (χ4n) is 4.08. The first kappa shape index (κ1) is 18.3. The molecule has 1 aliphatic carbocycles. The second-order valence-corrected chi connectivity index (χ2v) is 7.34. The van der Waals surface area contributed by atoms with Crippen molar-refractivity contribution in [3.63, 3.8) is 0 Å². The Morgan fingerprint density at radius 3 is 2.61 bits per heavy atom. The third kappa shape index (κ3) is 2.96. The van der Waals surface area contributed by atoms with Gasteiger partial charge in [0.2, 0.25) is 0 Å². The van der Waals surface area contributed by atoms with Crippen LogP contribution in [0.2, 0.25) is 0 Å². The summed E-state index contributed by atoms with van der Waals surface area (Å²) in [5, 5.41) is 7.37. The lowest BCUT2D eigenvalue weighted by Gasteiger charge is -2.31. The number of aryl methyl sites for hydroxylation is 1. The first-order chi connectivity index (χ1) is 13.4. The molecule has 3 aromatic rings. The van der Waals surface area contributed by atoms with Gasteiger partial charge >= 0.3 is 0 Å². The van der Waals surface area contributed by atoms with Gasteiger partial charge < -0.3 is 5.32 Å². The summed E-state index contributed by atoms with van der Waals surface area (Å²) in [6, 6.07) is 8.16. The molecule has 1 N–H and O–H groups in total. The van der Waals surface area contributed by atoms with Gasteiger partial charge in [-0.1, -0.05) is 31.0 Å². The Labute approximate surface area is 161 Å². The van der Waals surface area contributed by atoms with E-state index in [-0.39, 0.29) is 23.2 Å². The van der Waals surface area contributed by atoms with Gasteiger partial charge in [-0.25, -0.2) is 13.9 Å². The van der Waals surface area contributed by atoms with Crippen molar-refractivity contribution in [1.82, 2.24) is 19.9 Å². The molecule has 7 heteroatoms. The van der Waals surface area contributed by atoms with Gasteiger partial charge in [-0.05, 0) is 32.8 Å². The predicted octanol–water partition coefficient (Wildman–Crippen LogP) is 3.58. The number of nitrogens with zero attached hydrogens (tertiary/aromatic N) is 3. The molecule has 6 nitrogen and oxygen atoms in total. The molecule has 0 unspecified atom stereocenters. The maximum Gasteiger partial charge on any atom is 0.272 e. The number of halogens is 1. The molecule has 0 bridgehead atoms. The Morgan fingerprint density at radius 2 is 1.93 bits per heavy atom. The van der Waals surface area contributed by atoms with E-state index in [1.165, 1.54) is 23.7 Å². The van der Waals surface area contributed by atoms with Gasteiger partial charge in [-0.15, -0.1) is 0 Å². The number of hydrogen-bond acceptors (Lipinski definition) is 4. The minimum absolute atomic E-state index is 0.113. The average Bonchev–Trinajstić information content (AvgIpc) is 3.30. The minimum atomic E-state index is -0.731. The molecule has 0 saturated heterocycles. The molecule has 28 heavy (non-hydrogen) atoms. The van der Waals surface area contributed by atoms with E-state index in [1.54, 1.807) is 31.2 Å². The minimum Gasteiger partial charge on any atom is -0.341 e.